The molecule has 2 aromatic carbocycles. The van der Waals surface area contributed by atoms with Crippen molar-refractivity contribution in [1.82, 2.24) is 0 Å². The monoisotopic (exact) mass is 273 g/mol. The molecule has 0 fully saturated rings. The van der Waals surface area contributed by atoms with Gasteiger partial charge in [0.25, 0.3) is 0 Å². The molecule has 1 heterocycles. The molecule has 0 aromatic heterocycles. The zero-order chi connectivity index (χ0) is 11.0. The van der Waals surface area contributed by atoms with E-state index < -0.39 is 0 Å². The van der Waals surface area contributed by atoms with Crippen molar-refractivity contribution in [3.63, 3.8) is 0 Å². The highest BCUT2D eigenvalue weighted by Gasteiger charge is 2.20. The van der Waals surface area contributed by atoms with Gasteiger partial charge in [-0.05, 0) is 35.7 Å². The summed E-state index contributed by atoms with van der Waals surface area (Å²) in [5, 5.41) is 3.55. The number of anilines is 1. The third-order valence-electron chi connectivity index (χ3n) is 3.04. The molecule has 0 spiro atoms. The van der Waals surface area contributed by atoms with Crippen molar-refractivity contribution in [2.24, 2.45) is 0 Å². The maximum Gasteiger partial charge on any atom is 0.0555 e. The van der Waals surface area contributed by atoms with E-state index in [4.69, 9.17) is 0 Å². The third-order valence-corrected chi connectivity index (χ3v) is 3.57. The molecule has 1 N–H and O–H groups in total. The van der Waals surface area contributed by atoms with Gasteiger partial charge in [0.2, 0.25) is 0 Å². The van der Waals surface area contributed by atoms with Gasteiger partial charge in [-0.25, -0.2) is 0 Å². The van der Waals surface area contributed by atoms with Gasteiger partial charge in [0.05, 0.1) is 6.04 Å². The molecule has 1 nitrogen and oxygen atoms in total. The van der Waals surface area contributed by atoms with Crippen molar-refractivity contribution < 1.29 is 0 Å². The first kappa shape index (κ1) is 9.91. The van der Waals surface area contributed by atoms with Gasteiger partial charge < -0.3 is 5.32 Å². The fourth-order valence-corrected chi connectivity index (χ4v) is 2.46. The van der Waals surface area contributed by atoms with Gasteiger partial charge in [-0.15, -0.1) is 0 Å². The van der Waals surface area contributed by atoms with Gasteiger partial charge in [0.15, 0.2) is 0 Å². The minimum atomic E-state index is 0.422. The summed E-state index contributed by atoms with van der Waals surface area (Å²) in [6, 6.07) is 17.5. The average Bonchev–Trinajstić information content (AvgIpc) is 2.73. The summed E-state index contributed by atoms with van der Waals surface area (Å²) in [6.45, 7) is 0. The molecule has 1 aliphatic heterocycles. The second kappa shape index (κ2) is 3.95. The summed E-state index contributed by atoms with van der Waals surface area (Å²) in [4.78, 5) is 0. The van der Waals surface area contributed by atoms with E-state index in [-0.39, 0.29) is 0 Å². The Morgan fingerprint density at radius 1 is 1.00 bits per heavy atom. The van der Waals surface area contributed by atoms with Crippen LogP contribution in [0.1, 0.15) is 17.2 Å². The molecule has 2 aromatic rings. The lowest BCUT2D eigenvalue weighted by atomic mass is 10.0. The molecule has 0 unspecified atom stereocenters. The molecule has 16 heavy (non-hydrogen) atoms. The van der Waals surface area contributed by atoms with Gasteiger partial charge in [0.1, 0.15) is 0 Å². The molecule has 3 rings (SSSR count). The number of benzene rings is 2. The Hall–Kier alpha value is -1.28. The first-order valence-corrected chi connectivity index (χ1v) is 6.22. The van der Waals surface area contributed by atoms with Crippen molar-refractivity contribution >= 4 is 21.6 Å². The van der Waals surface area contributed by atoms with Crippen LogP contribution < -0.4 is 5.32 Å². The lowest BCUT2D eigenvalue weighted by molar-refractivity contribution is 0.824. The Kier molecular flexibility index (Phi) is 2.44. The van der Waals surface area contributed by atoms with E-state index in [1.807, 2.05) is 0 Å². The van der Waals surface area contributed by atoms with Crippen LogP contribution in [0.5, 0.6) is 0 Å². The molecule has 0 saturated heterocycles. The number of fused-ring (bicyclic) bond motifs is 1. The fraction of sp³-hybridized carbons (Fsp3) is 0.143. The number of halogens is 1. The summed E-state index contributed by atoms with van der Waals surface area (Å²) in [5.41, 5.74) is 4.03. The summed E-state index contributed by atoms with van der Waals surface area (Å²) >= 11 is 3.46. The Bertz CT molecular complexity index is 479. The van der Waals surface area contributed by atoms with E-state index in [0.29, 0.717) is 6.04 Å². The zero-order valence-electron chi connectivity index (χ0n) is 8.78. The first-order valence-electron chi connectivity index (χ1n) is 5.43. The summed E-state index contributed by atoms with van der Waals surface area (Å²) < 4.78 is 1.13. The highest BCUT2D eigenvalue weighted by atomic mass is 79.9. The van der Waals surface area contributed by atoms with Crippen molar-refractivity contribution in [3.8, 4) is 0 Å². The maximum atomic E-state index is 3.55. The van der Waals surface area contributed by atoms with Gasteiger partial charge in [-0.3, -0.25) is 0 Å². The number of para-hydroxylation sites is 1. The van der Waals surface area contributed by atoms with Gasteiger partial charge in [-0.2, -0.15) is 0 Å². The lowest BCUT2D eigenvalue weighted by Gasteiger charge is -2.11. The molecule has 0 saturated carbocycles. The number of nitrogens with one attached hydrogen (secondary N) is 1. The fourth-order valence-electron chi connectivity index (χ4n) is 2.19. The summed E-state index contributed by atoms with van der Waals surface area (Å²) in [5.74, 6) is 0. The van der Waals surface area contributed by atoms with Crippen LogP contribution in [0.2, 0.25) is 0 Å². The topological polar surface area (TPSA) is 12.0 Å². The van der Waals surface area contributed by atoms with E-state index in [9.17, 15) is 0 Å². The minimum Gasteiger partial charge on any atom is -0.378 e. The summed E-state index contributed by atoms with van der Waals surface area (Å²) in [6.07, 6.45) is 1.08. The van der Waals surface area contributed by atoms with E-state index in [2.05, 4.69) is 69.8 Å². The molecule has 0 aliphatic carbocycles. The molecule has 0 bridgehead atoms. The van der Waals surface area contributed by atoms with Crippen molar-refractivity contribution in [1.29, 1.82) is 0 Å². The Morgan fingerprint density at radius 2 is 1.75 bits per heavy atom. The second-order valence-electron chi connectivity index (χ2n) is 4.11. The highest BCUT2D eigenvalue weighted by molar-refractivity contribution is 9.10. The zero-order valence-corrected chi connectivity index (χ0v) is 10.4. The van der Waals surface area contributed by atoms with Gasteiger partial charge in [-0.1, -0.05) is 46.3 Å². The smallest absolute Gasteiger partial charge is 0.0555 e. The van der Waals surface area contributed by atoms with Crippen LogP contribution in [-0.2, 0) is 6.42 Å². The molecule has 2 heteroatoms. The van der Waals surface area contributed by atoms with Crippen LogP contribution >= 0.6 is 15.9 Å². The molecular weight excluding hydrogens is 262 g/mol. The van der Waals surface area contributed by atoms with Crippen LogP contribution in [0.15, 0.2) is 53.0 Å². The van der Waals surface area contributed by atoms with Gasteiger partial charge in [0, 0.05) is 10.2 Å². The third kappa shape index (κ3) is 1.74. The predicted octanol–water partition coefficient (Wildman–Crippen LogP) is 4.16. The van der Waals surface area contributed by atoms with E-state index in [0.717, 1.165) is 10.9 Å². The Labute approximate surface area is 104 Å². The van der Waals surface area contributed by atoms with Crippen LogP contribution in [0.4, 0.5) is 5.69 Å². The first-order chi connectivity index (χ1) is 7.83. The Balaban J connectivity index is 1.88. The molecule has 1 aliphatic rings. The van der Waals surface area contributed by atoms with Crippen LogP contribution in [0.25, 0.3) is 0 Å². The average molecular weight is 274 g/mol. The van der Waals surface area contributed by atoms with Crippen molar-refractivity contribution in [2.45, 2.75) is 12.5 Å². The van der Waals surface area contributed by atoms with E-state index in [1.165, 1.54) is 16.8 Å². The SMILES string of the molecule is Brc1ccc([C@@H]2Cc3ccccc3N2)cc1. The molecule has 0 amide bonds. The number of hydrogen-bond donors (Lipinski definition) is 1. The number of hydrogen-bond acceptors (Lipinski definition) is 1. The molecule has 0 radical (unpaired) electrons. The van der Waals surface area contributed by atoms with E-state index >= 15 is 0 Å². The minimum absolute atomic E-state index is 0.422. The summed E-state index contributed by atoms with van der Waals surface area (Å²) in [7, 11) is 0. The lowest BCUT2D eigenvalue weighted by Crippen LogP contribution is -2.05. The van der Waals surface area contributed by atoms with Crippen molar-refractivity contribution in [2.75, 3.05) is 5.32 Å². The standard InChI is InChI=1S/C14H12BrN/c15-12-7-5-10(6-8-12)14-9-11-3-1-2-4-13(11)16-14/h1-8,14,16H,9H2/t14-/m0/s1. The predicted molar refractivity (Wildman–Crippen MR) is 70.7 cm³/mol. The molecular formula is C14H12BrN. The molecule has 80 valence electrons. The maximum absolute atomic E-state index is 3.55. The Morgan fingerprint density at radius 3 is 2.50 bits per heavy atom. The quantitative estimate of drug-likeness (QED) is 0.823. The van der Waals surface area contributed by atoms with Gasteiger partial charge >= 0.3 is 0 Å². The van der Waals surface area contributed by atoms with Crippen molar-refractivity contribution in [3.05, 3.63) is 64.1 Å². The van der Waals surface area contributed by atoms with Crippen LogP contribution in [0.3, 0.4) is 0 Å². The van der Waals surface area contributed by atoms with Crippen LogP contribution in [-0.4, -0.2) is 0 Å². The highest BCUT2D eigenvalue weighted by Crippen LogP contribution is 2.33. The molecule has 1 atom stereocenters. The van der Waals surface area contributed by atoms with Crippen LogP contribution in [0, 0.1) is 0 Å². The largest absolute Gasteiger partial charge is 0.378 e. The number of rotatable bonds is 1. The second-order valence-corrected chi connectivity index (χ2v) is 5.03. The normalized spacial score (nSPS) is 17.9. The van der Waals surface area contributed by atoms with E-state index in [1.54, 1.807) is 0 Å².